The number of hydrogen-bond acceptors (Lipinski definition) is 5. The number of aryl methyl sites for hydroxylation is 2. The molecule has 1 N–H and O–H groups in total. The van der Waals surface area contributed by atoms with Gasteiger partial charge in [-0.1, -0.05) is 37.0 Å². The zero-order valence-corrected chi connectivity index (χ0v) is 21.0. The second kappa shape index (κ2) is 9.29. The number of amides is 1. The fourth-order valence-electron chi connectivity index (χ4n) is 3.54. The van der Waals surface area contributed by atoms with Gasteiger partial charge in [0.1, 0.15) is 5.69 Å². The van der Waals surface area contributed by atoms with Gasteiger partial charge in [0.15, 0.2) is 4.96 Å². The molecule has 3 heterocycles. The van der Waals surface area contributed by atoms with Gasteiger partial charge >= 0.3 is 0 Å². The van der Waals surface area contributed by atoms with Gasteiger partial charge in [-0.2, -0.15) is 5.10 Å². The first-order valence-electron chi connectivity index (χ1n) is 10.4. The summed E-state index contributed by atoms with van der Waals surface area (Å²) in [6.07, 6.45) is 0.105. The summed E-state index contributed by atoms with van der Waals surface area (Å²) in [4.78, 5) is 31.1. The van der Waals surface area contributed by atoms with Gasteiger partial charge in [0.25, 0.3) is 5.56 Å². The van der Waals surface area contributed by atoms with E-state index in [9.17, 15) is 9.59 Å². The van der Waals surface area contributed by atoms with Crippen LogP contribution in [-0.4, -0.2) is 31.6 Å². The summed E-state index contributed by atoms with van der Waals surface area (Å²) in [5.41, 5.74) is 3.40. The molecule has 0 aliphatic carbocycles. The molecule has 1 aromatic carbocycles. The highest BCUT2D eigenvalue weighted by Crippen LogP contribution is 2.27. The van der Waals surface area contributed by atoms with E-state index in [1.807, 2.05) is 38.3 Å². The number of thiazole rings is 1. The Morgan fingerprint density at radius 2 is 1.94 bits per heavy atom. The molecule has 10 heteroatoms. The topological polar surface area (TPSA) is 81.3 Å². The number of hydrogen-bond donors (Lipinski definition) is 1. The molecule has 4 aromatic rings. The van der Waals surface area contributed by atoms with E-state index >= 15 is 0 Å². The van der Waals surface area contributed by atoms with Crippen molar-refractivity contribution in [2.45, 2.75) is 34.1 Å². The highest BCUT2D eigenvalue weighted by molar-refractivity contribution is 7.15. The standard InChI is InChI=1S/C23H23Cl2N5O2S/c1-12(2)10-26-20(31)9-16-11-33-23-27-14(4)21(22(32)29(16)23)19-7-13(3)30(28-19)15-5-6-17(24)18(25)8-15/h5-8,11-12H,9-10H2,1-4H3,(H,26,31). The van der Waals surface area contributed by atoms with Crippen LogP contribution in [0, 0.1) is 19.8 Å². The largest absolute Gasteiger partial charge is 0.356 e. The number of nitrogens with one attached hydrogen (secondary N) is 1. The van der Waals surface area contributed by atoms with E-state index in [1.54, 1.807) is 23.7 Å². The molecule has 0 saturated heterocycles. The molecule has 0 aliphatic rings. The fraction of sp³-hybridized carbons (Fsp3) is 0.304. The van der Waals surface area contributed by atoms with Crippen LogP contribution < -0.4 is 10.9 Å². The van der Waals surface area contributed by atoms with Gasteiger partial charge in [0, 0.05) is 23.3 Å². The average Bonchev–Trinajstić information content (AvgIpc) is 3.32. The van der Waals surface area contributed by atoms with Crippen LogP contribution >= 0.6 is 34.5 Å². The van der Waals surface area contributed by atoms with Crippen molar-refractivity contribution >= 4 is 45.4 Å². The molecule has 0 bridgehead atoms. The van der Waals surface area contributed by atoms with Gasteiger partial charge in [0.2, 0.25) is 5.91 Å². The maximum Gasteiger partial charge on any atom is 0.268 e. The van der Waals surface area contributed by atoms with E-state index in [0.717, 1.165) is 11.4 Å². The summed E-state index contributed by atoms with van der Waals surface area (Å²) >= 11 is 13.6. The van der Waals surface area contributed by atoms with Gasteiger partial charge in [-0.15, -0.1) is 11.3 Å². The Kier molecular flexibility index (Phi) is 6.61. The summed E-state index contributed by atoms with van der Waals surface area (Å²) in [7, 11) is 0. The van der Waals surface area contributed by atoms with Gasteiger partial charge in [0.05, 0.1) is 33.4 Å². The van der Waals surface area contributed by atoms with Crippen LogP contribution in [0.5, 0.6) is 0 Å². The lowest BCUT2D eigenvalue weighted by molar-refractivity contribution is -0.120. The molecular formula is C23H23Cl2N5O2S. The molecular weight excluding hydrogens is 481 g/mol. The van der Waals surface area contributed by atoms with E-state index in [2.05, 4.69) is 15.4 Å². The minimum absolute atomic E-state index is 0.105. The second-order valence-electron chi connectivity index (χ2n) is 8.28. The summed E-state index contributed by atoms with van der Waals surface area (Å²) in [6, 6.07) is 7.07. The molecule has 1 amide bonds. The second-order valence-corrected chi connectivity index (χ2v) is 9.93. The van der Waals surface area contributed by atoms with Crippen LogP contribution in [0.1, 0.15) is 30.9 Å². The van der Waals surface area contributed by atoms with Gasteiger partial charge < -0.3 is 5.32 Å². The maximum absolute atomic E-state index is 13.5. The van der Waals surface area contributed by atoms with Crippen LogP contribution in [-0.2, 0) is 11.2 Å². The van der Waals surface area contributed by atoms with E-state index in [0.29, 0.717) is 50.1 Å². The summed E-state index contributed by atoms with van der Waals surface area (Å²) in [6.45, 7) is 8.33. The molecule has 0 unspecified atom stereocenters. The third kappa shape index (κ3) is 4.69. The quantitative estimate of drug-likeness (QED) is 0.407. The first-order chi connectivity index (χ1) is 15.7. The van der Waals surface area contributed by atoms with Crippen LogP contribution in [0.25, 0.3) is 21.9 Å². The highest BCUT2D eigenvalue weighted by atomic mass is 35.5. The third-order valence-corrected chi connectivity index (χ3v) is 6.78. The number of benzene rings is 1. The Labute approximate surface area is 205 Å². The molecule has 172 valence electrons. The first kappa shape index (κ1) is 23.5. The fourth-order valence-corrected chi connectivity index (χ4v) is 4.76. The lowest BCUT2D eigenvalue weighted by atomic mass is 10.1. The van der Waals surface area contributed by atoms with Crippen molar-refractivity contribution < 1.29 is 4.79 Å². The molecule has 4 rings (SSSR count). The predicted octanol–water partition coefficient (Wildman–Crippen LogP) is 4.85. The Bertz CT molecular complexity index is 1420. The van der Waals surface area contributed by atoms with Gasteiger partial charge in [-0.05, 0) is 44.0 Å². The van der Waals surface area contributed by atoms with Crippen molar-refractivity contribution in [3.05, 3.63) is 67.1 Å². The minimum atomic E-state index is -0.246. The number of carbonyl (C=O) groups is 1. The zero-order chi connectivity index (χ0) is 23.9. The molecule has 0 fully saturated rings. The molecule has 7 nitrogen and oxygen atoms in total. The number of carbonyl (C=O) groups excluding carboxylic acids is 1. The number of aromatic nitrogens is 4. The summed E-state index contributed by atoms with van der Waals surface area (Å²) < 4.78 is 3.22. The van der Waals surface area contributed by atoms with Crippen molar-refractivity contribution in [1.82, 2.24) is 24.5 Å². The molecule has 0 aliphatic heterocycles. The molecule has 0 saturated carbocycles. The van der Waals surface area contributed by atoms with E-state index < -0.39 is 0 Å². The zero-order valence-electron chi connectivity index (χ0n) is 18.6. The van der Waals surface area contributed by atoms with Crippen LogP contribution in [0.2, 0.25) is 10.0 Å². The van der Waals surface area contributed by atoms with Gasteiger partial charge in [-0.25, -0.2) is 9.67 Å². The Balaban J connectivity index is 1.76. The van der Waals surface area contributed by atoms with Crippen molar-refractivity contribution in [3.63, 3.8) is 0 Å². The van der Waals surface area contributed by atoms with Gasteiger partial charge in [-0.3, -0.25) is 14.0 Å². The van der Waals surface area contributed by atoms with Crippen LogP contribution in [0.3, 0.4) is 0 Å². The Hall–Kier alpha value is -2.68. The number of halogens is 2. The lowest BCUT2D eigenvalue weighted by Crippen LogP contribution is -2.30. The van der Waals surface area contributed by atoms with Crippen molar-refractivity contribution in [3.8, 4) is 16.9 Å². The van der Waals surface area contributed by atoms with E-state index in [-0.39, 0.29) is 17.9 Å². The molecule has 0 radical (unpaired) electrons. The van der Waals surface area contributed by atoms with Crippen molar-refractivity contribution in [1.29, 1.82) is 0 Å². The van der Waals surface area contributed by atoms with E-state index in [1.165, 1.54) is 15.7 Å². The number of rotatable bonds is 6. The smallest absolute Gasteiger partial charge is 0.268 e. The predicted molar refractivity (Wildman–Crippen MR) is 133 cm³/mol. The number of nitrogens with zero attached hydrogens (tertiary/aromatic N) is 4. The Morgan fingerprint density at radius 3 is 2.64 bits per heavy atom. The third-order valence-electron chi connectivity index (χ3n) is 5.16. The molecule has 3 aromatic heterocycles. The molecule has 0 spiro atoms. The lowest BCUT2D eigenvalue weighted by Gasteiger charge is -2.08. The summed E-state index contributed by atoms with van der Waals surface area (Å²) in [5, 5.41) is 10.2. The van der Waals surface area contributed by atoms with Crippen LogP contribution in [0.15, 0.2) is 34.4 Å². The van der Waals surface area contributed by atoms with Crippen molar-refractivity contribution in [2.24, 2.45) is 5.92 Å². The average molecular weight is 504 g/mol. The normalized spacial score (nSPS) is 11.5. The minimum Gasteiger partial charge on any atom is -0.356 e. The SMILES string of the molecule is Cc1nc2scc(CC(=O)NCC(C)C)n2c(=O)c1-c1cc(C)n(-c2ccc(Cl)c(Cl)c2)n1. The molecule has 0 atom stereocenters. The Morgan fingerprint density at radius 1 is 1.18 bits per heavy atom. The molecule has 33 heavy (non-hydrogen) atoms. The first-order valence-corrected chi connectivity index (χ1v) is 12.1. The monoisotopic (exact) mass is 503 g/mol. The van der Waals surface area contributed by atoms with Crippen molar-refractivity contribution in [2.75, 3.05) is 6.54 Å². The van der Waals surface area contributed by atoms with Crippen LogP contribution in [0.4, 0.5) is 0 Å². The highest BCUT2D eigenvalue weighted by Gasteiger charge is 2.20. The summed E-state index contributed by atoms with van der Waals surface area (Å²) in [5.74, 6) is 0.220. The maximum atomic E-state index is 13.5. The number of fused-ring (bicyclic) bond motifs is 1. The van der Waals surface area contributed by atoms with E-state index in [4.69, 9.17) is 23.2 Å².